The van der Waals surface area contributed by atoms with Crippen LogP contribution in [0, 0.1) is 5.82 Å². The van der Waals surface area contributed by atoms with Crippen LogP contribution in [-0.4, -0.2) is 34.4 Å². The van der Waals surface area contributed by atoms with Gasteiger partial charge in [-0.3, -0.25) is 9.59 Å². The Balaban J connectivity index is 1.77. The van der Waals surface area contributed by atoms with Crippen molar-refractivity contribution in [2.75, 3.05) is 13.1 Å². The first-order valence-electron chi connectivity index (χ1n) is 9.07. The van der Waals surface area contributed by atoms with E-state index in [-0.39, 0.29) is 36.5 Å². The smallest absolute Gasteiger partial charge is 0.223 e. The maximum atomic E-state index is 13.3. The highest BCUT2D eigenvalue weighted by Gasteiger charge is 2.32. The molecule has 1 aromatic heterocycles. The molecule has 138 valence electrons. The van der Waals surface area contributed by atoms with Crippen molar-refractivity contribution >= 4 is 11.8 Å². The number of nitrogens with one attached hydrogen (secondary N) is 1. The Bertz CT molecular complexity index is 770. The summed E-state index contributed by atoms with van der Waals surface area (Å²) in [4.78, 5) is 26.4. The van der Waals surface area contributed by atoms with Gasteiger partial charge in [-0.05, 0) is 36.2 Å². The number of hydrogen-bond donors (Lipinski definition) is 1. The van der Waals surface area contributed by atoms with Crippen LogP contribution in [0.4, 0.5) is 4.39 Å². The third-order valence-electron chi connectivity index (χ3n) is 4.68. The lowest BCUT2D eigenvalue weighted by Gasteiger charge is -2.37. The molecule has 0 radical (unpaired) electrons. The summed E-state index contributed by atoms with van der Waals surface area (Å²) in [5.41, 5.74) is 1.88. The summed E-state index contributed by atoms with van der Waals surface area (Å²) in [6.07, 6.45) is 3.22. The Hall–Kier alpha value is -2.63. The van der Waals surface area contributed by atoms with Crippen molar-refractivity contribution in [3.63, 3.8) is 0 Å². The van der Waals surface area contributed by atoms with Crippen molar-refractivity contribution in [1.82, 2.24) is 14.8 Å². The van der Waals surface area contributed by atoms with Gasteiger partial charge in [-0.1, -0.05) is 19.1 Å². The van der Waals surface area contributed by atoms with Crippen LogP contribution in [0.15, 0.2) is 42.6 Å². The number of fused-ring (bicyclic) bond motifs is 1. The minimum absolute atomic E-state index is 0.0570. The molecular weight excluding hydrogens is 333 g/mol. The average molecular weight is 357 g/mol. The van der Waals surface area contributed by atoms with Crippen LogP contribution >= 0.6 is 0 Å². The maximum absolute atomic E-state index is 13.3. The number of aromatic nitrogens is 1. The Morgan fingerprint density at radius 1 is 1.15 bits per heavy atom. The largest absolute Gasteiger partial charge is 0.356 e. The number of hydrogen-bond acceptors (Lipinski definition) is 2. The lowest BCUT2D eigenvalue weighted by Crippen LogP contribution is -2.42. The highest BCUT2D eigenvalue weighted by atomic mass is 19.1. The molecule has 5 nitrogen and oxygen atoms in total. The topological polar surface area (TPSA) is 54.3 Å². The van der Waals surface area contributed by atoms with Crippen LogP contribution in [0.25, 0.3) is 0 Å². The summed E-state index contributed by atoms with van der Waals surface area (Å²) >= 11 is 0. The van der Waals surface area contributed by atoms with Crippen molar-refractivity contribution in [2.24, 2.45) is 0 Å². The summed E-state index contributed by atoms with van der Waals surface area (Å²) in [7, 11) is 0. The molecule has 0 saturated carbocycles. The fraction of sp³-hybridized carbons (Fsp3) is 0.400. The van der Waals surface area contributed by atoms with Crippen molar-refractivity contribution in [3.8, 4) is 0 Å². The molecule has 6 heteroatoms. The van der Waals surface area contributed by atoms with E-state index in [0.29, 0.717) is 19.6 Å². The molecule has 1 atom stereocenters. The molecule has 3 rings (SSSR count). The fourth-order valence-corrected chi connectivity index (χ4v) is 3.36. The maximum Gasteiger partial charge on any atom is 0.223 e. The van der Waals surface area contributed by atoms with E-state index >= 15 is 0 Å². The Kier molecular flexibility index (Phi) is 5.71. The first-order valence-corrected chi connectivity index (χ1v) is 9.07. The average Bonchev–Trinajstić information content (AvgIpc) is 3.13. The van der Waals surface area contributed by atoms with Gasteiger partial charge in [0.05, 0.1) is 6.04 Å². The highest BCUT2D eigenvalue weighted by molar-refractivity contribution is 5.84. The molecule has 0 bridgehead atoms. The molecule has 0 spiro atoms. The van der Waals surface area contributed by atoms with Crippen LogP contribution in [0.3, 0.4) is 0 Å². The summed E-state index contributed by atoms with van der Waals surface area (Å²) in [5, 5.41) is 2.80. The van der Waals surface area contributed by atoms with Crippen LogP contribution in [-0.2, 0) is 16.1 Å². The Morgan fingerprint density at radius 2 is 1.92 bits per heavy atom. The van der Waals surface area contributed by atoms with Crippen LogP contribution < -0.4 is 5.32 Å². The van der Waals surface area contributed by atoms with E-state index in [4.69, 9.17) is 0 Å². The van der Waals surface area contributed by atoms with Crippen molar-refractivity contribution < 1.29 is 14.0 Å². The van der Waals surface area contributed by atoms with Gasteiger partial charge >= 0.3 is 0 Å². The van der Waals surface area contributed by atoms with E-state index < -0.39 is 0 Å². The minimum Gasteiger partial charge on any atom is -0.356 e. The molecule has 26 heavy (non-hydrogen) atoms. The second kappa shape index (κ2) is 8.17. The van der Waals surface area contributed by atoms with Gasteiger partial charge in [0.15, 0.2) is 0 Å². The zero-order chi connectivity index (χ0) is 18.5. The third kappa shape index (κ3) is 3.95. The molecule has 0 saturated heterocycles. The summed E-state index contributed by atoms with van der Waals surface area (Å²) in [5.74, 6) is -0.456. The molecule has 0 fully saturated rings. The minimum atomic E-state index is -0.301. The molecule has 1 aliphatic rings. The van der Waals surface area contributed by atoms with E-state index in [2.05, 4.69) is 9.88 Å². The van der Waals surface area contributed by atoms with Crippen LogP contribution in [0.5, 0.6) is 0 Å². The highest BCUT2D eigenvalue weighted by Crippen LogP contribution is 2.33. The summed E-state index contributed by atoms with van der Waals surface area (Å²) in [6.45, 7) is 3.90. The standard InChI is InChI=1S/C20H24FN3O2/c1-2-11-22-18(25)9-10-19(26)24-14-13-23-12-3-4-17(23)20(24)15-5-7-16(21)8-6-15/h3-8,12,20H,2,9-11,13-14H2,1H3,(H,22,25). The number of carbonyl (C=O) groups excluding carboxylic acids is 2. The Labute approximate surface area is 152 Å². The normalized spacial score (nSPS) is 16.2. The van der Waals surface area contributed by atoms with Gasteiger partial charge in [0.25, 0.3) is 0 Å². The van der Waals surface area contributed by atoms with Crippen LogP contribution in [0.2, 0.25) is 0 Å². The van der Waals surface area contributed by atoms with Gasteiger partial charge < -0.3 is 14.8 Å². The van der Waals surface area contributed by atoms with Gasteiger partial charge in [-0.25, -0.2) is 4.39 Å². The fourth-order valence-electron chi connectivity index (χ4n) is 3.36. The summed E-state index contributed by atoms with van der Waals surface area (Å²) in [6, 6.07) is 9.95. The van der Waals surface area contributed by atoms with Gasteiger partial charge in [-0.15, -0.1) is 0 Å². The number of carbonyl (C=O) groups is 2. The first kappa shape index (κ1) is 18.2. The molecule has 1 N–H and O–H groups in total. The Morgan fingerprint density at radius 3 is 2.65 bits per heavy atom. The molecular formula is C20H24FN3O2. The predicted molar refractivity (Wildman–Crippen MR) is 96.9 cm³/mol. The van der Waals surface area contributed by atoms with Gasteiger partial charge in [0, 0.05) is 44.4 Å². The van der Waals surface area contributed by atoms with E-state index in [1.807, 2.05) is 25.3 Å². The van der Waals surface area contributed by atoms with Crippen molar-refractivity contribution in [3.05, 3.63) is 59.7 Å². The zero-order valence-electron chi connectivity index (χ0n) is 15.0. The first-order chi connectivity index (χ1) is 12.6. The molecule has 1 aromatic carbocycles. The van der Waals surface area contributed by atoms with E-state index in [1.165, 1.54) is 12.1 Å². The van der Waals surface area contributed by atoms with Gasteiger partial charge in [-0.2, -0.15) is 0 Å². The predicted octanol–water partition coefficient (Wildman–Crippen LogP) is 2.87. The third-order valence-corrected chi connectivity index (χ3v) is 4.68. The zero-order valence-corrected chi connectivity index (χ0v) is 15.0. The second-order valence-electron chi connectivity index (χ2n) is 6.52. The molecule has 2 heterocycles. The SMILES string of the molecule is CCCNC(=O)CCC(=O)N1CCn2cccc2C1c1ccc(F)cc1. The number of halogens is 1. The monoisotopic (exact) mass is 357 g/mol. The number of amides is 2. The number of nitrogens with zero attached hydrogens (tertiary/aromatic N) is 2. The molecule has 2 aromatic rings. The molecule has 1 aliphatic heterocycles. The number of benzene rings is 1. The van der Waals surface area contributed by atoms with E-state index in [9.17, 15) is 14.0 Å². The molecule has 1 unspecified atom stereocenters. The van der Waals surface area contributed by atoms with Crippen molar-refractivity contribution in [2.45, 2.75) is 38.8 Å². The molecule has 0 aliphatic carbocycles. The number of rotatable bonds is 6. The second-order valence-corrected chi connectivity index (χ2v) is 6.52. The van der Waals surface area contributed by atoms with Gasteiger partial charge in [0.1, 0.15) is 5.82 Å². The summed E-state index contributed by atoms with van der Waals surface area (Å²) < 4.78 is 15.4. The van der Waals surface area contributed by atoms with Crippen LogP contribution in [0.1, 0.15) is 43.5 Å². The van der Waals surface area contributed by atoms with Crippen molar-refractivity contribution in [1.29, 1.82) is 0 Å². The van der Waals surface area contributed by atoms with E-state index in [0.717, 1.165) is 17.7 Å². The lowest BCUT2D eigenvalue weighted by molar-refractivity contribution is -0.136. The quantitative estimate of drug-likeness (QED) is 0.864. The van der Waals surface area contributed by atoms with Gasteiger partial charge in [0.2, 0.25) is 11.8 Å². The van der Waals surface area contributed by atoms with E-state index in [1.54, 1.807) is 17.0 Å². The lowest BCUT2D eigenvalue weighted by atomic mass is 9.99. The molecule has 2 amide bonds.